The molecule has 0 radical (unpaired) electrons. The fourth-order valence-electron chi connectivity index (χ4n) is 2.76. The van der Waals surface area contributed by atoms with E-state index in [1.807, 2.05) is 0 Å². The first-order valence-electron chi connectivity index (χ1n) is 8.13. The first-order chi connectivity index (χ1) is 12.4. The molecule has 146 valence electrons. The number of hydrogen-bond acceptors (Lipinski definition) is 8. The highest BCUT2D eigenvalue weighted by molar-refractivity contribution is 5.73. The number of benzene rings is 1. The Morgan fingerprint density at radius 2 is 1.88 bits per heavy atom. The number of carbonyl (C=O) groups is 1. The first kappa shape index (κ1) is 20.4. The number of ether oxygens (including phenoxy) is 4. The molecule has 1 amide bonds. The topological polar surface area (TPSA) is 127 Å². The molecule has 1 fully saturated rings. The summed E-state index contributed by atoms with van der Waals surface area (Å²) >= 11 is 0. The summed E-state index contributed by atoms with van der Waals surface area (Å²) in [5.41, 5.74) is 0.744. The van der Waals surface area contributed by atoms with E-state index < -0.39 is 43.2 Å². The van der Waals surface area contributed by atoms with Gasteiger partial charge in [0, 0.05) is 6.92 Å². The van der Waals surface area contributed by atoms with Gasteiger partial charge in [-0.05, 0) is 17.7 Å². The Kier molecular flexibility index (Phi) is 7.18. The van der Waals surface area contributed by atoms with Crippen molar-refractivity contribution in [2.75, 3.05) is 20.8 Å². The van der Waals surface area contributed by atoms with Crippen LogP contribution < -0.4 is 14.8 Å². The lowest BCUT2D eigenvalue weighted by Gasteiger charge is -2.42. The summed E-state index contributed by atoms with van der Waals surface area (Å²) in [5, 5.41) is 32.0. The van der Waals surface area contributed by atoms with Gasteiger partial charge in [0.15, 0.2) is 17.8 Å². The minimum atomic E-state index is -1.35. The average Bonchev–Trinajstić information content (AvgIpc) is 2.64. The Balaban J connectivity index is 2.12. The van der Waals surface area contributed by atoms with Crippen LogP contribution in [0.25, 0.3) is 0 Å². The Labute approximate surface area is 151 Å². The molecular formula is C17H25NO8. The molecule has 1 saturated heterocycles. The highest BCUT2D eigenvalue weighted by Gasteiger charge is 2.45. The van der Waals surface area contributed by atoms with Gasteiger partial charge in [0.2, 0.25) is 5.91 Å². The summed E-state index contributed by atoms with van der Waals surface area (Å²) in [4.78, 5) is 11.4. The van der Waals surface area contributed by atoms with Crippen LogP contribution in [0.4, 0.5) is 0 Å². The van der Waals surface area contributed by atoms with Gasteiger partial charge in [0.05, 0.1) is 27.4 Å². The van der Waals surface area contributed by atoms with E-state index >= 15 is 0 Å². The van der Waals surface area contributed by atoms with Crippen LogP contribution in [0.5, 0.6) is 11.5 Å². The van der Waals surface area contributed by atoms with Crippen LogP contribution in [0.15, 0.2) is 18.2 Å². The van der Waals surface area contributed by atoms with Crippen molar-refractivity contribution < 1.29 is 39.1 Å². The maximum absolute atomic E-state index is 11.4. The third-order valence-corrected chi connectivity index (χ3v) is 4.11. The van der Waals surface area contributed by atoms with Crippen molar-refractivity contribution in [3.63, 3.8) is 0 Å². The van der Waals surface area contributed by atoms with Crippen LogP contribution in [-0.2, 0) is 20.9 Å². The quantitative estimate of drug-likeness (QED) is 0.489. The zero-order valence-electron chi connectivity index (χ0n) is 14.9. The number of aliphatic hydroxyl groups is 3. The molecule has 1 heterocycles. The minimum absolute atomic E-state index is 0.0854. The third-order valence-electron chi connectivity index (χ3n) is 4.11. The van der Waals surface area contributed by atoms with Gasteiger partial charge in [0.1, 0.15) is 24.4 Å². The fourth-order valence-corrected chi connectivity index (χ4v) is 2.76. The van der Waals surface area contributed by atoms with Gasteiger partial charge in [-0.3, -0.25) is 4.79 Å². The maximum atomic E-state index is 11.4. The smallest absolute Gasteiger partial charge is 0.217 e. The molecule has 0 saturated carbocycles. The van der Waals surface area contributed by atoms with E-state index in [2.05, 4.69) is 5.32 Å². The predicted molar refractivity (Wildman–Crippen MR) is 89.7 cm³/mol. The van der Waals surface area contributed by atoms with Gasteiger partial charge in [-0.15, -0.1) is 0 Å². The molecule has 0 spiro atoms. The number of methoxy groups -OCH3 is 2. The zero-order valence-corrected chi connectivity index (χ0v) is 14.9. The largest absolute Gasteiger partial charge is 0.493 e. The molecule has 0 bridgehead atoms. The summed E-state index contributed by atoms with van der Waals surface area (Å²) in [6, 6.07) is 4.24. The normalized spacial score (nSPS) is 28.5. The number of amides is 1. The van der Waals surface area contributed by atoms with Crippen molar-refractivity contribution in [2.24, 2.45) is 0 Å². The summed E-state index contributed by atoms with van der Waals surface area (Å²) in [5.74, 6) is 0.687. The van der Waals surface area contributed by atoms with Crippen LogP contribution >= 0.6 is 0 Å². The highest BCUT2D eigenvalue weighted by atomic mass is 16.7. The highest BCUT2D eigenvalue weighted by Crippen LogP contribution is 2.29. The van der Waals surface area contributed by atoms with Crippen molar-refractivity contribution in [2.45, 2.75) is 44.2 Å². The van der Waals surface area contributed by atoms with Crippen LogP contribution in [-0.4, -0.2) is 72.7 Å². The van der Waals surface area contributed by atoms with E-state index in [-0.39, 0.29) is 6.61 Å². The Bertz CT molecular complexity index is 610. The summed E-state index contributed by atoms with van der Waals surface area (Å²) < 4.78 is 21.6. The zero-order chi connectivity index (χ0) is 19.3. The molecular weight excluding hydrogens is 346 g/mol. The van der Waals surface area contributed by atoms with Crippen molar-refractivity contribution in [1.82, 2.24) is 5.32 Å². The molecule has 26 heavy (non-hydrogen) atoms. The Morgan fingerprint density at radius 1 is 1.19 bits per heavy atom. The number of aliphatic hydroxyl groups excluding tert-OH is 3. The second kappa shape index (κ2) is 9.15. The predicted octanol–water partition coefficient (Wildman–Crippen LogP) is -0.836. The van der Waals surface area contributed by atoms with E-state index in [0.29, 0.717) is 11.5 Å². The van der Waals surface area contributed by atoms with Gasteiger partial charge in [-0.25, -0.2) is 0 Å². The number of nitrogens with one attached hydrogen (secondary N) is 1. The molecule has 1 aliphatic rings. The molecule has 1 aromatic carbocycles. The third kappa shape index (κ3) is 4.63. The molecule has 9 nitrogen and oxygen atoms in total. The summed E-state index contributed by atoms with van der Waals surface area (Å²) in [7, 11) is 3.05. The molecule has 1 aliphatic heterocycles. The second-order valence-corrected chi connectivity index (χ2v) is 5.93. The van der Waals surface area contributed by atoms with Gasteiger partial charge < -0.3 is 39.6 Å². The Morgan fingerprint density at radius 3 is 2.46 bits per heavy atom. The van der Waals surface area contributed by atoms with E-state index in [4.69, 9.17) is 18.9 Å². The molecule has 0 unspecified atom stereocenters. The molecule has 9 heteroatoms. The van der Waals surface area contributed by atoms with Gasteiger partial charge in [0.25, 0.3) is 0 Å². The van der Waals surface area contributed by atoms with Crippen molar-refractivity contribution in [1.29, 1.82) is 0 Å². The molecule has 4 N–H and O–H groups in total. The lowest BCUT2D eigenvalue weighted by atomic mass is 9.97. The summed E-state index contributed by atoms with van der Waals surface area (Å²) in [6.07, 6.45) is -4.77. The van der Waals surface area contributed by atoms with Gasteiger partial charge in [-0.1, -0.05) is 6.07 Å². The van der Waals surface area contributed by atoms with Crippen molar-refractivity contribution in [3.8, 4) is 11.5 Å². The standard InChI is InChI=1S/C17H25NO8/c1-9(20)18-14-16(22)15(21)13(7-19)26-17(14)25-8-10-4-5-11(23-2)12(6-10)24-3/h4-6,13-17,19,21-22H,7-8H2,1-3H3,(H,18,20)/t13-,14+,15+,16-,17-/m1/s1. The SMILES string of the molecule is COc1ccc(CO[C@@H]2O[C@H](CO)[C@H](O)[C@H](O)[C@@H]2NC(C)=O)cc1OC. The van der Waals surface area contributed by atoms with E-state index in [1.165, 1.54) is 21.1 Å². The van der Waals surface area contributed by atoms with E-state index in [0.717, 1.165) is 5.56 Å². The van der Waals surface area contributed by atoms with Crippen molar-refractivity contribution >= 4 is 5.91 Å². The lowest BCUT2D eigenvalue weighted by molar-refractivity contribution is -0.273. The maximum Gasteiger partial charge on any atom is 0.217 e. The van der Waals surface area contributed by atoms with E-state index in [1.54, 1.807) is 18.2 Å². The van der Waals surface area contributed by atoms with Crippen LogP contribution in [0.3, 0.4) is 0 Å². The fraction of sp³-hybridized carbons (Fsp3) is 0.588. The second-order valence-electron chi connectivity index (χ2n) is 5.93. The van der Waals surface area contributed by atoms with Gasteiger partial charge in [-0.2, -0.15) is 0 Å². The van der Waals surface area contributed by atoms with Crippen LogP contribution in [0.1, 0.15) is 12.5 Å². The first-order valence-corrected chi connectivity index (χ1v) is 8.13. The van der Waals surface area contributed by atoms with Crippen molar-refractivity contribution in [3.05, 3.63) is 23.8 Å². The van der Waals surface area contributed by atoms with E-state index in [9.17, 15) is 20.1 Å². The molecule has 0 aliphatic carbocycles. The monoisotopic (exact) mass is 371 g/mol. The molecule has 2 rings (SSSR count). The Hall–Kier alpha value is -1.91. The van der Waals surface area contributed by atoms with Gasteiger partial charge >= 0.3 is 0 Å². The number of carbonyl (C=O) groups excluding carboxylic acids is 1. The molecule has 5 atom stereocenters. The van der Waals surface area contributed by atoms with Crippen LogP contribution in [0.2, 0.25) is 0 Å². The summed E-state index contributed by atoms with van der Waals surface area (Å²) in [6.45, 7) is 0.867. The number of rotatable bonds is 7. The molecule has 0 aromatic heterocycles. The molecule has 1 aromatic rings. The number of hydrogen-bond donors (Lipinski definition) is 4. The van der Waals surface area contributed by atoms with Crippen LogP contribution in [0, 0.1) is 0 Å². The average molecular weight is 371 g/mol. The lowest BCUT2D eigenvalue weighted by Crippen LogP contribution is -2.64. The minimum Gasteiger partial charge on any atom is -0.493 e.